The van der Waals surface area contributed by atoms with Crippen LogP contribution in [0.2, 0.25) is 5.02 Å². The molecule has 1 fully saturated rings. The third-order valence-electron chi connectivity index (χ3n) is 5.41. The topological polar surface area (TPSA) is 53.2 Å². The van der Waals surface area contributed by atoms with Crippen molar-refractivity contribution in [1.82, 2.24) is 16.0 Å². The van der Waals surface area contributed by atoms with Crippen LogP contribution in [0.4, 0.5) is 0 Å². The van der Waals surface area contributed by atoms with E-state index < -0.39 is 5.54 Å². The minimum atomic E-state index is -0.551. The molecule has 1 atom stereocenters. The maximum Gasteiger partial charge on any atom is 0.251 e. The average Bonchev–Trinajstić information content (AvgIpc) is 2.93. The predicted molar refractivity (Wildman–Crippen MR) is 109 cm³/mol. The van der Waals surface area contributed by atoms with Gasteiger partial charge in [0, 0.05) is 23.7 Å². The van der Waals surface area contributed by atoms with E-state index in [0.29, 0.717) is 18.8 Å². The van der Waals surface area contributed by atoms with Gasteiger partial charge in [0.05, 0.1) is 5.82 Å². The van der Waals surface area contributed by atoms with Crippen LogP contribution in [0, 0.1) is 0 Å². The van der Waals surface area contributed by atoms with E-state index in [1.807, 2.05) is 24.3 Å². The number of hydrogen-bond acceptors (Lipinski definition) is 3. The summed E-state index contributed by atoms with van der Waals surface area (Å²) < 4.78 is 0. The Kier molecular flexibility index (Phi) is 4.44. The Balaban J connectivity index is 1.48. The van der Waals surface area contributed by atoms with E-state index >= 15 is 0 Å². The van der Waals surface area contributed by atoms with Crippen molar-refractivity contribution in [2.24, 2.45) is 0 Å². The summed E-state index contributed by atoms with van der Waals surface area (Å²) >= 11 is 6.22. The van der Waals surface area contributed by atoms with E-state index in [1.165, 1.54) is 11.1 Å². The molecule has 0 bridgehead atoms. The van der Waals surface area contributed by atoms with Gasteiger partial charge in [-0.05, 0) is 47.2 Å². The second-order valence-corrected chi connectivity index (χ2v) is 7.63. The SMILES string of the molecule is C=C1NC(=O)C2(CCc3cc(C(=C)NCc4ccccc4Cl)ccc3C2)N1. The Labute approximate surface area is 164 Å². The lowest BCUT2D eigenvalue weighted by Crippen LogP contribution is -2.50. The highest BCUT2D eigenvalue weighted by Gasteiger charge is 2.45. The molecule has 4 rings (SSSR count). The molecule has 1 unspecified atom stereocenters. The molecule has 3 N–H and O–H groups in total. The summed E-state index contributed by atoms with van der Waals surface area (Å²) in [4.78, 5) is 12.3. The third kappa shape index (κ3) is 3.33. The number of rotatable bonds is 4. The molecule has 1 aliphatic heterocycles. The van der Waals surface area contributed by atoms with E-state index in [4.69, 9.17) is 11.6 Å². The van der Waals surface area contributed by atoms with Crippen molar-refractivity contribution in [3.05, 3.63) is 88.7 Å². The zero-order chi connectivity index (χ0) is 19.0. The molecular formula is C22H22ClN3O. The lowest BCUT2D eigenvalue weighted by Gasteiger charge is -2.32. The lowest BCUT2D eigenvalue weighted by molar-refractivity contribution is -0.124. The Morgan fingerprint density at radius 3 is 2.78 bits per heavy atom. The van der Waals surface area contributed by atoms with Gasteiger partial charge in [-0.25, -0.2) is 0 Å². The number of nitrogens with one attached hydrogen (secondary N) is 3. The molecule has 0 radical (unpaired) electrons. The predicted octanol–water partition coefficient (Wildman–Crippen LogP) is 3.52. The van der Waals surface area contributed by atoms with Gasteiger partial charge in [0.2, 0.25) is 0 Å². The fourth-order valence-electron chi connectivity index (χ4n) is 3.86. The summed E-state index contributed by atoms with van der Waals surface area (Å²) in [5.41, 5.74) is 4.88. The van der Waals surface area contributed by atoms with Gasteiger partial charge >= 0.3 is 0 Å². The molecule has 1 aliphatic carbocycles. The van der Waals surface area contributed by atoms with Gasteiger partial charge in [-0.1, -0.05) is 55.1 Å². The standard InChI is InChI=1S/C22H22ClN3O/c1-14(24-13-19-5-3-4-6-20(19)23)16-7-8-18-12-22(10-9-17(18)11-16)21(27)25-15(2)26-22/h3-8,11,24,26H,1-2,9-10,12-13H2,(H,25,27). The molecule has 2 aliphatic rings. The van der Waals surface area contributed by atoms with E-state index in [0.717, 1.165) is 34.7 Å². The average molecular weight is 380 g/mol. The second kappa shape index (κ2) is 6.78. The Bertz CT molecular complexity index is 952. The molecule has 0 aromatic heterocycles. The molecule has 1 saturated heterocycles. The molecule has 1 amide bonds. The summed E-state index contributed by atoms with van der Waals surface area (Å²) in [5.74, 6) is 0.616. The Morgan fingerprint density at radius 2 is 2.04 bits per heavy atom. The number of amides is 1. The van der Waals surface area contributed by atoms with E-state index in [1.54, 1.807) is 0 Å². The first-order chi connectivity index (χ1) is 13.0. The van der Waals surface area contributed by atoms with Crippen molar-refractivity contribution in [2.75, 3.05) is 0 Å². The number of carbonyl (C=O) groups excluding carboxylic acids is 1. The van der Waals surface area contributed by atoms with Gasteiger partial charge < -0.3 is 16.0 Å². The van der Waals surface area contributed by atoms with Crippen LogP contribution in [0.1, 0.15) is 28.7 Å². The molecule has 1 heterocycles. The molecular weight excluding hydrogens is 358 g/mol. The quantitative estimate of drug-likeness (QED) is 0.761. The zero-order valence-electron chi connectivity index (χ0n) is 15.1. The largest absolute Gasteiger partial charge is 0.381 e. The van der Waals surface area contributed by atoms with Crippen LogP contribution >= 0.6 is 11.6 Å². The molecule has 4 nitrogen and oxygen atoms in total. The Hall–Kier alpha value is -2.72. The van der Waals surface area contributed by atoms with Crippen molar-refractivity contribution >= 4 is 23.2 Å². The van der Waals surface area contributed by atoms with E-state index in [2.05, 4.69) is 47.3 Å². The Morgan fingerprint density at radius 1 is 1.22 bits per heavy atom. The highest BCUT2D eigenvalue weighted by molar-refractivity contribution is 6.31. The summed E-state index contributed by atoms with van der Waals surface area (Å²) in [7, 11) is 0. The first-order valence-electron chi connectivity index (χ1n) is 9.04. The minimum Gasteiger partial charge on any atom is -0.381 e. The normalized spacial score (nSPS) is 20.8. The van der Waals surface area contributed by atoms with Gasteiger partial charge in [0.25, 0.3) is 5.91 Å². The fraction of sp³-hybridized carbons (Fsp3) is 0.227. The maximum absolute atomic E-state index is 12.3. The van der Waals surface area contributed by atoms with Gasteiger partial charge in [0.1, 0.15) is 5.54 Å². The van der Waals surface area contributed by atoms with Crippen LogP contribution in [0.3, 0.4) is 0 Å². The van der Waals surface area contributed by atoms with Gasteiger partial charge in [-0.15, -0.1) is 0 Å². The number of benzene rings is 2. The number of hydrogen-bond donors (Lipinski definition) is 3. The molecule has 1 spiro atoms. The fourth-order valence-corrected chi connectivity index (χ4v) is 4.06. The summed E-state index contributed by atoms with van der Waals surface area (Å²) in [6.45, 7) is 8.63. The number of fused-ring (bicyclic) bond motifs is 1. The van der Waals surface area contributed by atoms with Gasteiger partial charge in [0.15, 0.2) is 0 Å². The lowest BCUT2D eigenvalue weighted by atomic mass is 9.77. The van der Waals surface area contributed by atoms with E-state index in [-0.39, 0.29) is 5.91 Å². The minimum absolute atomic E-state index is 0.0213. The van der Waals surface area contributed by atoms with Crippen LogP contribution in [0.15, 0.2) is 61.4 Å². The molecule has 2 aromatic carbocycles. The first-order valence-corrected chi connectivity index (χ1v) is 9.41. The van der Waals surface area contributed by atoms with Crippen LogP contribution in [-0.2, 0) is 24.2 Å². The molecule has 0 saturated carbocycles. The number of halogens is 1. The molecule has 138 valence electrons. The van der Waals surface area contributed by atoms with Crippen molar-refractivity contribution < 1.29 is 4.79 Å². The molecule has 27 heavy (non-hydrogen) atoms. The third-order valence-corrected chi connectivity index (χ3v) is 5.78. The van der Waals surface area contributed by atoms with Crippen LogP contribution < -0.4 is 16.0 Å². The molecule has 5 heteroatoms. The van der Waals surface area contributed by atoms with Crippen molar-refractivity contribution in [3.63, 3.8) is 0 Å². The smallest absolute Gasteiger partial charge is 0.251 e. The first kappa shape index (κ1) is 17.7. The van der Waals surface area contributed by atoms with Crippen molar-refractivity contribution in [3.8, 4) is 0 Å². The maximum atomic E-state index is 12.3. The van der Waals surface area contributed by atoms with Gasteiger partial charge in [-0.3, -0.25) is 4.79 Å². The van der Waals surface area contributed by atoms with Crippen molar-refractivity contribution in [2.45, 2.75) is 31.3 Å². The monoisotopic (exact) mass is 379 g/mol. The number of aryl methyl sites for hydroxylation is 1. The number of carbonyl (C=O) groups is 1. The van der Waals surface area contributed by atoms with Crippen LogP contribution in [-0.4, -0.2) is 11.4 Å². The molecule has 2 aromatic rings. The van der Waals surface area contributed by atoms with E-state index in [9.17, 15) is 4.79 Å². The van der Waals surface area contributed by atoms with Crippen LogP contribution in [0.5, 0.6) is 0 Å². The highest BCUT2D eigenvalue weighted by Crippen LogP contribution is 2.33. The summed E-state index contributed by atoms with van der Waals surface area (Å²) in [5, 5.41) is 10.1. The van der Waals surface area contributed by atoms with Crippen LogP contribution in [0.25, 0.3) is 5.70 Å². The van der Waals surface area contributed by atoms with Gasteiger partial charge in [-0.2, -0.15) is 0 Å². The summed E-state index contributed by atoms with van der Waals surface area (Å²) in [6.07, 6.45) is 2.27. The second-order valence-electron chi connectivity index (χ2n) is 7.22. The zero-order valence-corrected chi connectivity index (χ0v) is 15.8. The van der Waals surface area contributed by atoms with Crippen molar-refractivity contribution in [1.29, 1.82) is 0 Å². The summed E-state index contributed by atoms with van der Waals surface area (Å²) in [6, 6.07) is 14.1. The highest BCUT2D eigenvalue weighted by atomic mass is 35.5.